The monoisotopic (exact) mass is 594 g/mol. The number of hydrogen-bond donors (Lipinski definition) is 2. The number of rotatable bonds is 10. The van der Waals surface area contributed by atoms with Gasteiger partial charge < -0.3 is 19.7 Å². The Hall–Kier alpha value is -3.49. The molecule has 1 aliphatic rings. The van der Waals surface area contributed by atoms with Gasteiger partial charge in [0.15, 0.2) is 0 Å². The van der Waals surface area contributed by atoms with Crippen LogP contribution in [0.3, 0.4) is 0 Å². The first kappa shape index (κ1) is 31.0. The van der Waals surface area contributed by atoms with Gasteiger partial charge in [0.05, 0.1) is 30.7 Å². The van der Waals surface area contributed by atoms with Crippen LogP contribution in [0.15, 0.2) is 29.2 Å². The van der Waals surface area contributed by atoms with E-state index in [9.17, 15) is 27.6 Å². The molecule has 2 heterocycles. The summed E-state index contributed by atoms with van der Waals surface area (Å²) in [5.41, 5.74) is 0.891. The van der Waals surface area contributed by atoms with Gasteiger partial charge in [0, 0.05) is 30.1 Å². The van der Waals surface area contributed by atoms with Crippen molar-refractivity contribution in [3.05, 3.63) is 45.8 Å². The van der Waals surface area contributed by atoms with E-state index in [1.54, 1.807) is 6.92 Å². The summed E-state index contributed by atoms with van der Waals surface area (Å²) in [4.78, 5) is 52.4. The lowest BCUT2D eigenvalue weighted by Crippen LogP contribution is -2.37. The molecule has 1 aliphatic heterocycles. The number of fused-ring (bicyclic) bond motifs is 1. The van der Waals surface area contributed by atoms with E-state index in [1.165, 1.54) is 33.5 Å². The third-order valence-electron chi connectivity index (χ3n) is 6.14. The van der Waals surface area contributed by atoms with Crippen molar-refractivity contribution in [3.63, 3.8) is 0 Å². The summed E-state index contributed by atoms with van der Waals surface area (Å²) in [5, 5.41) is 5.03. The summed E-state index contributed by atoms with van der Waals surface area (Å²) in [7, 11) is -2.59. The summed E-state index contributed by atoms with van der Waals surface area (Å²) in [6.45, 7) is 6.98. The number of carbonyl (C=O) groups excluding carboxylic acids is 4. The molecule has 2 aromatic rings. The maximum absolute atomic E-state index is 13.2. The van der Waals surface area contributed by atoms with Crippen LogP contribution in [0.4, 0.5) is 14.6 Å². The second-order valence-corrected chi connectivity index (χ2v) is 11.9. The van der Waals surface area contributed by atoms with E-state index in [-0.39, 0.29) is 40.7 Å². The van der Waals surface area contributed by atoms with Crippen molar-refractivity contribution in [2.45, 2.75) is 51.5 Å². The Morgan fingerprint density at radius 2 is 1.68 bits per heavy atom. The second kappa shape index (κ2) is 13.7. The number of benzene rings is 1. The van der Waals surface area contributed by atoms with Gasteiger partial charge in [0.1, 0.15) is 5.00 Å². The van der Waals surface area contributed by atoms with Crippen LogP contribution in [-0.2, 0) is 32.5 Å². The van der Waals surface area contributed by atoms with Crippen molar-refractivity contribution >= 4 is 50.4 Å². The molecule has 14 heteroatoms. The first-order valence-corrected chi connectivity index (χ1v) is 15.2. The predicted molar refractivity (Wildman–Crippen MR) is 149 cm³/mol. The molecule has 0 saturated carbocycles. The molecule has 3 rings (SSSR count). The zero-order valence-electron chi connectivity index (χ0n) is 22.9. The number of hydrogen-bond acceptors (Lipinski definition) is 9. The summed E-state index contributed by atoms with van der Waals surface area (Å²) in [6, 6.07) is 5.57. The van der Waals surface area contributed by atoms with Crippen LogP contribution in [0.25, 0.3) is 0 Å². The van der Waals surface area contributed by atoms with Gasteiger partial charge in [0.2, 0.25) is 10.0 Å². The maximum Gasteiger partial charge on any atom is 0.413 e. The molecule has 2 N–H and O–H groups in total. The summed E-state index contributed by atoms with van der Waals surface area (Å²) in [5.74, 6) is -1.33. The van der Waals surface area contributed by atoms with Crippen LogP contribution in [0.1, 0.15) is 64.8 Å². The maximum atomic E-state index is 13.2. The highest BCUT2D eigenvalue weighted by molar-refractivity contribution is 7.89. The van der Waals surface area contributed by atoms with Crippen LogP contribution in [-0.4, -0.2) is 75.0 Å². The smallest absolute Gasteiger partial charge is 0.413 e. The van der Waals surface area contributed by atoms with Gasteiger partial charge in [0.25, 0.3) is 11.8 Å². The van der Waals surface area contributed by atoms with Crippen LogP contribution >= 0.6 is 11.3 Å². The molecule has 4 amide bonds. The minimum atomic E-state index is -3.71. The first-order valence-electron chi connectivity index (χ1n) is 12.9. The minimum absolute atomic E-state index is 0.0785. The van der Waals surface area contributed by atoms with E-state index in [0.29, 0.717) is 42.8 Å². The van der Waals surface area contributed by atoms with Crippen molar-refractivity contribution in [1.82, 2.24) is 14.5 Å². The topological polar surface area (TPSA) is 151 Å². The normalized spacial score (nSPS) is 13.0. The number of imide groups is 1. The molecular weight excluding hydrogens is 560 g/mol. The lowest BCUT2D eigenvalue weighted by Gasteiger charge is -2.26. The predicted octanol–water partition coefficient (Wildman–Crippen LogP) is 3.82. The average Bonchev–Trinajstić information content (AvgIpc) is 3.30. The van der Waals surface area contributed by atoms with Crippen LogP contribution in [0.2, 0.25) is 0 Å². The largest absolute Gasteiger partial charge is 0.453 e. The zero-order chi connectivity index (χ0) is 29.4. The SMILES string of the molecule is CCCN(CCC)S(=O)(=O)c1ccc(C(=O)Nc2sc3c(c2C(=O)NC(=O)OC)CCN(C(=O)OCC)C3)cc1. The molecule has 40 heavy (non-hydrogen) atoms. The standard InChI is InChI=1S/C26H34N4O8S2/c1-5-13-30(14-6-2)40(35,36)18-10-8-17(9-11-18)22(31)27-24-21(23(32)28-25(33)37-4)19-12-15-29(16-20(19)39-24)26(34)38-7-3/h8-11H,5-7,12-16H2,1-4H3,(H,27,31)(H,28,32,33). The van der Waals surface area contributed by atoms with Gasteiger partial charge in [-0.25, -0.2) is 18.0 Å². The molecule has 0 spiro atoms. The summed E-state index contributed by atoms with van der Waals surface area (Å²) < 4.78 is 37.1. The highest BCUT2D eigenvalue weighted by Crippen LogP contribution is 2.37. The van der Waals surface area contributed by atoms with Crippen LogP contribution in [0.5, 0.6) is 0 Å². The Bertz CT molecular complexity index is 1350. The lowest BCUT2D eigenvalue weighted by molar-refractivity contribution is 0.0936. The van der Waals surface area contributed by atoms with Gasteiger partial charge in [-0.05, 0) is 56.0 Å². The van der Waals surface area contributed by atoms with E-state index in [0.717, 1.165) is 18.4 Å². The van der Waals surface area contributed by atoms with Crippen molar-refractivity contribution in [3.8, 4) is 0 Å². The molecule has 12 nitrogen and oxygen atoms in total. The molecule has 0 bridgehead atoms. The number of alkyl carbamates (subject to hydrolysis) is 1. The van der Waals surface area contributed by atoms with Crippen molar-refractivity contribution in [2.75, 3.05) is 38.7 Å². The Balaban J connectivity index is 1.89. The number of ether oxygens (including phenoxy) is 2. The molecular formula is C26H34N4O8S2. The number of sulfonamides is 1. The third kappa shape index (κ3) is 6.98. The Morgan fingerprint density at radius 3 is 2.25 bits per heavy atom. The van der Waals surface area contributed by atoms with Crippen molar-refractivity contribution < 1.29 is 37.1 Å². The van der Waals surface area contributed by atoms with E-state index in [1.807, 2.05) is 13.8 Å². The molecule has 0 unspecified atom stereocenters. The Labute approximate surface area is 237 Å². The highest BCUT2D eigenvalue weighted by atomic mass is 32.2. The van der Waals surface area contributed by atoms with E-state index in [2.05, 4.69) is 15.4 Å². The highest BCUT2D eigenvalue weighted by Gasteiger charge is 2.32. The van der Waals surface area contributed by atoms with Gasteiger partial charge in [-0.3, -0.25) is 14.9 Å². The molecule has 0 saturated heterocycles. The fourth-order valence-electron chi connectivity index (χ4n) is 4.26. The molecule has 218 valence electrons. The number of anilines is 1. The van der Waals surface area contributed by atoms with E-state index >= 15 is 0 Å². The summed E-state index contributed by atoms with van der Waals surface area (Å²) in [6.07, 6.45) is 0.215. The van der Waals surface area contributed by atoms with E-state index in [4.69, 9.17) is 4.74 Å². The number of nitrogens with one attached hydrogen (secondary N) is 2. The van der Waals surface area contributed by atoms with Gasteiger partial charge in [-0.15, -0.1) is 11.3 Å². The average molecular weight is 595 g/mol. The minimum Gasteiger partial charge on any atom is -0.453 e. The number of methoxy groups -OCH3 is 1. The third-order valence-corrected chi connectivity index (χ3v) is 9.18. The van der Waals surface area contributed by atoms with Crippen LogP contribution < -0.4 is 10.6 Å². The number of nitrogens with zero attached hydrogens (tertiary/aromatic N) is 2. The van der Waals surface area contributed by atoms with Crippen LogP contribution in [0, 0.1) is 0 Å². The number of carbonyl (C=O) groups is 4. The quantitative estimate of drug-likeness (QED) is 0.421. The Morgan fingerprint density at radius 1 is 1.02 bits per heavy atom. The van der Waals surface area contributed by atoms with E-state index < -0.39 is 34.0 Å². The summed E-state index contributed by atoms with van der Waals surface area (Å²) >= 11 is 1.11. The van der Waals surface area contributed by atoms with Crippen molar-refractivity contribution in [1.29, 1.82) is 0 Å². The molecule has 0 radical (unpaired) electrons. The van der Waals surface area contributed by atoms with Gasteiger partial charge >= 0.3 is 12.2 Å². The van der Waals surface area contributed by atoms with Gasteiger partial charge in [-0.1, -0.05) is 13.8 Å². The fraction of sp³-hybridized carbons (Fsp3) is 0.462. The first-order chi connectivity index (χ1) is 19.1. The lowest BCUT2D eigenvalue weighted by atomic mass is 10.0. The Kier molecular flexibility index (Phi) is 10.7. The molecule has 1 aromatic heterocycles. The fourth-order valence-corrected chi connectivity index (χ4v) is 7.14. The molecule has 0 fully saturated rings. The number of amides is 4. The number of thiophene rings is 1. The van der Waals surface area contributed by atoms with Gasteiger partial charge in [-0.2, -0.15) is 4.31 Å². The second-order valence-electron chi connectivity index (χ2n) is 8.91. The van der Waals surface area contributed by atoms with Crippen molar-refractivity contribution in [2.24, 2.45) is 0 Å². The molecule has 0 aliphatic carbocycles. The molecule has 0 atom stereocenters. The zero-order valence-corrected chi connectivity index (χ0v) is 24.6. The molecule has 1 aromatic carbocycles.